The number of hydrogen-bond acceptors (Lipinski definition) is 5. The largest absolute Gasteiger partial charge is 0.480 e. The summed E-state index contributed by atoms with van der Waals surface area (Å²) in [7, 11) is 0. The topological polar surface area (TPSA) is 92.2 Å². The van der Waals surface area contributed by atoms with Crippen molar-refractivity contribution in [2.75, 3.05) is 0 Å². The third-order valence-corrected chi connectivity index (χ3v) is 3.23. The van der Waals surface area contributed by atoms with Gasteiger partial charge >= 0.3 is 5.97 Å². The normalized spacial score (nSPS) is 12.8. The summed E-state index contributed by atoms with van der Waals surface area (Å²) in [6.07, 6.45) is 0. The van der Waals surface area contributed by atoms with E-state index in [1.165, 1.54) is 0 Å². The van der Waals surface area contributed by atoms with E-state index in [4.69, 9.17) is 5.11 Å². The number of carbonyl (C=O) groups excluding carboxylic acids is 1. The van der Waals surface area contributed by atoms with E-state index in [0.717, 1.165) is 11.5 Å². The van der Waals surface area contributed by atoms with Crippen LogP contribution >= 0.6 is 11.5 Å². The monoisotopic (exact) mass is 271 g/mol. The third-order valence-electron chi connectivity index (χ3n) is 2.49. The van der Waals surface area contributed by atoms with Gasteiger partial charge in [0, 0.05) is 0 Å². The molecule has 1 rings (SSSR count). The van der Waals surface area contributed by atoms with Crippen molar-refractivity contribution in [1.82, 2.24) is 14.9 Å². The van der Waals surface area contributed by atoms with Crippen molar-refractivity contribution in [1.29, 1.82) is 0 Å². The Morgan fingerprint density at radius 2 is 1.89 bits per heavy atom. The Balaban J connectivity index is 2.87. The molecule has 0 aromatic carbocycles. The Labute approximate surface area is 110 Å². The maximum atomic E-state index is 12.0. The summed E-state index contributed by atoms with van der Waals surface area (Å²) in [6, 6.07) is -0.903. The third kappa shape index (κ3) is 3.25. The van der Waals surface area contributed by atoms with Crippen molar-refractivity contribution in [2.45, 2.75) is 39.7 Å². The van der Waals surface area contributed by atoms with Crippen molar-refractivity contribution in [3.8, 4) is 0 Å². The molecule has 1 aromatic rings. The van der Waals surface area contributed by atoms with Crippen LogP contribution in [0, 0.1) is 5.92 Å². The standard InChI is InChI=1S/C11H17N3O3S/c1-5(2)7-9(18-14-13-7)10(15)12-8(6(3)4)11(16)17/h5-6,8H,1-4H3,(H,12,15)(H,16,17)/t8-/m0/s1. The Hall–Kier alpha value is -1.50. The zero-order chi connectivity index (χ0) is 13.9. The summed E-state index contributed by atoms with van der Waals surface area (Å²) in [5, 5.41) is 15.4. The van der Waals surface area contributed by atoms with Crippen LogP contribution in [0.3, 0.4) is 0 Å². The highest BCUT2D eigenvalue weighted by atomic mass is 32.1. The van der Waals surface area contributed by atoms with Crippen LogP contribution in [0.15, 0.2) is 0 Å². The van der Waals surface area contributed by atoms with Gasteiger partial charge in [0.25, 0.3) is 5.91 Å². The van der Waals surface area contributed by atoms with Gasteiger partial charge in [0.15, 0.2) is 0 Å². The van der Waals surface area contributed by atoms with Gasteiger partial charge in [0.2, 0.25) is 0 Å². The lowest BCUT2D eigenvalue weighted by molar-refractivity contribution is -0.140. The molecule has 100 valence electrons. The Morgan fingerprint density at radius 3 is 2.33 bits per heavy atom. The van der Waals surface area contributed by atoms with E-state index < -0.39 is 17.9 Å². The number of hydrogen-bond donors (Lipinski definition) is 2. The molecule has 0 radical (unpaired) electrons. The summed E-state index contributed by atoms with van der Waals surface area (Å²) < 4.78 is 3.74. The molecule has 6 nitrogen and oxygen atoms in total. The number of nitrogens with zero attached hydrogens (tertiary/aromatic N) is 2. The second-order valence-electron chi connectivity index (χ2n) is 4.68. The van der Waals surface area contributed by atoms with Gasteiger partial charge in [-0.15, -0.1) is 5.10 Å². The summed E-state index contributed by atoms with van der Waals surface area (Å²) in [6.45, 7) is 7.30. The number of aromatic nitrogens is 2. The fraction of sp³-hybridized carbons (Fsp3) is 0.636. The molecule has 7 heteroatoms. The molecule has 0 aliphatic rings. The number of carbonyl (C=O) groups is 2. The second kappa shape index (κ2) is 5.90. The van der Waals surface area contributed by atoms with Crippen LogP contribution in [0.5, 0.6) is 0 Å². The summed E-state index contributed by atoms with van der Waals surface area (Å²) in [4.78, 5) is 23.4. The lowest BCUT2D eigenvalue weighted by atomic mass is 10.0. The van der Waals surface area contributed by atoms with Crippen LogP contribution in [0.1, 0.15) is 49.0 Å². The molecule has 0 bridgehead atoms. The molecule has 0 saturated carbocycles. The van der Waals surface area contributed by atoms with Crippen LogP contribution in [0.2, 0.25) is 0 Å². The lowest BCUT2D eigenvalue weighted by Crippen LogP contribution is -2.44. The van der Waals surface area contributed by atoms with Crippen molar-refractivity contribution < 1.29 is 14.7 Å². The van der Waals surface area contributed by atoms with Gasteiger partial charge in [0.05, 0.1) is 5.69 Å². The fourth-order valence-corrected chi connectivity index (χ4v) is 2.18. The second-order valence-corrected chi connectivity index (χ2v) is 5.43. The Kier molecular flexibility index (Phi) is 4.77. The van der Waals surface area contributed by atoms with Crippen molar-refractivity contribution >= 4 is 23.4 Å². The maximum Gasteiger partial charge on any atom is 0.326 e. The van der Waals surface area contributed by atoms with Gasteiger partial charge < -0.3 is 10.4 Å². The highest BCUT2D eigenvalue weighted by Gasteiger charge is 2.26. The molecule has 0 spiro atoms. The number of rotatable bonds is 5. The van der Waals surface area contributed by atoms with Crippen molar-refractivity contribution in [2.24, 2.45) is 5.92 Å². The van der Waals surface area contributed by atoms with E-state index in [1.54, 1.807) is 13.8 Å². The first-order chi connectivity index (χ1) is 8.34. The molecule has 2 N–H and O–H groups in total. The van der Waals surface area contributed by atoms with Crippen molar-refractivity contribution in [3.05, 3.63) is 10.6 Å². The fourth-order valence-electron chi connectivity index (χ4n) is 1.45. The van der Waals surface area contributed by atoms with Gasteiger partial charge in [0.1, 0.15) is 10.9 Å². The summed E-state index contributed by atoms with van der Waals surface area (Å²) in [5.41, 5.74) is 0.602. The number of aliphatic carboxylic acids is 1. The van der Waals surface area contributed by atoms with Crippen LogP contribution in [0.25, 0.3) is 0 Å². The molecule has 0 aliphatic carbocycles. The number of carboxylic acid groups (broad SMARTS) is 1. The minimum Gasteiger partial charge on any atom is -0.480 e. The minimum absolute atomic E-state index is 0.0758. The number of nitrogens with one attached hydrogen (secondary N) is 1. The first-order valence-electron chi connectivity index (χ1n) is 5.70. The van der Waals surface area contributed by atoms with Gasteiger partial charge in [-0.05, 0) is 23.4 Å². The number of amides is 1. The van der Waals surface area contributed by atoms with Gasteiger partial charge in [-0.3, -0.25) is 4.79 Å². The van der Waals surface area contributed by atoms with E-state index in [9.17, 15) is 9.59 Å². The molecular formula is C11H17N3O3S. The quantitative estimate of drug-likeness (QED) is 0.846. The highest BCUT2D eigenvalue weighted by molar-refractivity contribution is 7.08. The molecule has 0 saturated heterocycles. The first kappa shape index (κ1) is 14.6. The van der Waals surface area contributed by atoms with Crippen LogP contribution in [0.4, 0.5) is 0 Å². The molecule has 1 atom stereocenters. The average molecular weight is 271 g/mol. The van der Waals surface area contributed by atoms with Crippen LogP contribution in [-0.4, -0.2) is 32.6 Å². The van der Waals surface area contributed by atoms with E-state index in [2.05, 4.69) is 14.9 Å². The zero-order valence-corrected chi connectivity index (χ0v) is 11.6. The van der Waals surface area contributed by atoms with Gasteiger partial charge in [-0.2, -0.15) is 0 Å². The Bertz CT molecular complexity index is 442. The number of carboxylic acids is 1. The zero-order valence-electron chi connectivity index (χ0n) is 10.8. The first-order valence-corrected chi connectivity index (χ1v) is 6.47. The minimum atomic E-state index is -1.04. The van der Waals surface area contributed by atoms with E-state index in [1.807, 2.05) is 13.8 Å². The molecular weight excluding hydrogens is 254 g/mol. The van der Waals surface area contributed by atoms with Crippen LogP contribution < -0.4 is 5.32 Å². The maximum absolute atomic E-state index is 12.0. The lowest BCUT2D eigenvalue weighted by Gasteiger charge is -2.17. The summed E-state index contributed by atoms with van der Waals surface area (Å²) in [5.74, 6) is -1.57. The summed E-state index contributed by atoms with van der Waals surface area (Å²) >= 11 is 0.985. The molecule has 0 unspecified atom stereocenters. The van der Waals surface area contributed by atoms with Crippen molar-refractivity contribution in [3.63, 3.8) is 0 Å². The van der Waals surface area contributed by atoms with Crippen LogP contribution in [-0.2, 0) is 4.79 Å². The predicted molar refractivity (Wildman–Crippen MR) is 67.7 cm³/mol. The molecule has 0 aliphatic heterocycles. The van der Waals surface area contributed by atoms with E-state index >= 15 is 0 Å². The molecule has 1 amide bonds. The van der Waals surface area contributed by atoms with E-state index in [-0.39, 0.29) is 11.8 Å². The molecule has 0 fully saturated rings. The SMILES string of the molecule is CC(C)c1nnsc1C(=O)N[C@H](C(=O)O)C(C)C. The molecule has 1 aromatic heterocycles. The average Bonchev–Trinajstić information content (AvgIpc) is 2.73. The smallest absolute Gasteiger partial charge is 0.326 e. The highest BCUT2D eigenvalue weighted by Crippen LogP contribution is 2.19. The molecule has 18 heavy (non-hydrogen) atoms. The predicted octanol–water partition coefficient (Wildman–Crippen LogP) is 1.50. The Morgan fingerprint density at radius 1 is 1.28 bits per heavy atom. The van der Waals surface area contributed by atoms with Gasteiger partial charge in [-0.1, -0.05) is 32.2 Å². The molecule has 1 heterocycles. The van der Waals surface area contributed by atoms with Gasteiger partial charge in [-0.25, -0.2) is 4.79 Å². The van der Waals surface area contributed by atoms with E-state index in [0.29, 0.717) is 10.6 Å².